The van der Waals surface area contributed by atoms with Crippen LogP contribution in [-0.4, -0.2) is 5.97 Å². The molecule has 0 amide bonds. The predicted octanol–water partition coefficient (Wildman–Crippen LogP) is 1.72. The predicted molar refractivity (Wildman–Crippen MR) is 38.9 cm³/mol. The number of carbonyl (C=O) groups is 1. The minimum absolute atomic E-state index is 0. The Bertz CT molecular complexity index is 221. The summed E-state index contributed by atoms with van der Waals surface area (Å²) in [6.45, 7) is 1.38. The molecule has 0 fully saturated rings. The van der Waals surface area contributed by atoms with Gasteiger partial charge in [-0.3, -0.25) is 4.79 Å². The summed E-state index contributed by atoms with van der Waals surface area (Å²) in [5, 5.41) is 0. The molecule has 1 aromatic carbocycles. The van der Waals surface area contributed by atoms with Gasteiger partial charge in [-0.25, -0.2) is 0 Å². The molecule has 2 heteroatoms. The zero-order valence-corrected chi connectivity index (χ0v) is 5.70. The highest BCUT2D eigenvalue weighted by molar-refractivity contribution is 5.69. The van der Waals surface area contributed by atoms with Crippen molar-refractivity contribution >= 4 is 5.97 Å². The fourth-order valence-corrected chi connectivity index (χ4v) is 0.655. The van der Waals surface area contributed by atoms with Crippen LogP contribution in [0.4, 0.5) is 0 Å². The normalized spacial score (nSPS) is 8.90. The van der Waals surface area contributed by atoms with Gasteiger partial charge in [0.1, 0.15) is 5.75 Å². The Balaban J connectivity index is 0.000001000. The molecule has 1 rings (SSSR count). The van der Waals surface area contributed by atoms with Crippen LogP contribution in [0.25, 0.3) is 0 Å². The first kappa shape index (κ1) is 6.81. The first-order valence-corrected chi connectivity index (χ1v) is 3.02. The highest BCUT2D eigenvalue weighted by Gasteiger charge is 1.92. The fraction of sp³-hybridized carbons (Fsp3) is 0.125. The zero-order chi connectivity index (χ0) is 7.40. The molecule has 0 saturated heterocycles. The molecule has 0 atom stereocenters. The standard InChI is InChI=1S/C8H8O2/c1-7(9)10-8-5-3-2-4-6-8/h2-6H,1H3/p+1. The van der Waals surface area contributed by atoms with Gasteiger partial charge in [0.15, 0.2) is 0 Å². The van der Waals surface area contributed by atoms with E-state index >= 15 is 0 Å². The molecular formula is C8H9O2+. The lowest BCUT2D eigenvalue weighted by atomic mass is 10.3. The molecule has 52 valence electrons. The number of rotatable bonds is 1. The van der Waals surface area contributed by atoms with Crippen LogP contribution in [0.1, 0.15) is 8.35 Å². The van der Waals surface area contributed by atoms with Crippen molar-refractivity contribution in [2.24, 2.45) is 0 Å². The lowest BCUT2D eigenvalue weighted by molar-refractivity contribution is -0.131. The summed E-state index contributed by atoms with van der Waals surface area (Å²) in [6.07, 6.45) is 0. The maximum Gasteiger partial charge on any atom is 1.00 e. The number of ether oxygens (including phenoxy) is 1. The Kier molecular flexibility index (Phi) is 2.05. The maximum atomic E-state index is 10.4. The molecule has 0 aliphatic carbocycles. The SMILES string of the molecule is CC(=O)Oc1ccccc1.[H+]. The zero-order valence-electron chi connectivity index (χ0n) is 6.70. The Hall–Kier alpha value is -1.31. The van der Waals surface area contributed by atoms with Gasteiger partial charge >= 0.3 is 7.40 Å². The number of benzene rings is 1. The molecule has 0 bridgehead atoms. The molecule has 10 heavy (non-hydrogen) atoms. The lowest BCUT2D eigenvalue weighted by Crippen LogP contribution is -2.00. The third-order valence-corrected chi connectivity index (χ3v) is 1.00. The largest absolute Gasteiger partial charge is 1.00 e. The van der Waals surface area contributed by atoms with Crippen LogP contribution in [0.15, 0.2) is 30.3 Å². The molecule has 0 saturated carbocycles. The molecule has 0 aliphatic heterocycles. The molecule has 2 nitrogen and oxygen atoms in total. The number of carbonyl (C=O) groups excluding carboxylic acids is 1. The topological polar surface area (TPSA) is 26.3 Å². The van der Waals surface area contributed by atoms with Crippen molar-refractivity contribution in [1.82, 2.24) is 0 Å². The summed E-state index contributed by atoms with van der Waals surface area (Å²) in [5.74, 6) is 0.307. The van der Waals surface area contributed by atoms with E-state index in [9.17, 15) is 4.79 Å². The molecule has 0 radical (unpaired) electrons. The van der Waals surface area contributed by atoms with Gasteiger partial charge in [0.05, 0.1) is 0 Å². The van der Waals surface area contributed by atoms with E-state index in [1.165, 1.54) is 6.92 Å². The summed E-state index contributed by atoms with van der Waals surface area (Å²) in [6, 6.07) is 8.98. The molecule has 0 heterocycles. The van der Waals surface area contributed by atoms with Crippen molar-refractivity contribution in [3.63, 3.8) is 0 Å². The molecular weight excluding hydrogens is 128 g/mol. The third-order valence-electron chi connectivity index (χ3n) is 1.00. The quantitative estimate of drug-likeness (QED) is 0.435. The van der Waals surface area contributed by atoms with E-state index in [0.717, 1.165) is 0 Å². The van der Waals surface area contributed by atoms with Crippen LogP contribution in [0, 0.1) is 0 Å². The van der Waals surface area contributed by atoms with E-state index in [1.807, 2.05) is 18.2 Å². The van der Waals surface area contributed by atoms with Gasteiger partial charge in [-0.05, 0) is 12.1 Å². The highest BCUT2D eigenvalue weighted by Crippen LogP contribution is 2.07. The third kappa shape index (κ3) is 1.90. The van der Waals surface area contributed by atoms with E-state index in [2.05, 4.69) is 0 Å². The van der Waals surface area contributed by atoms with Crippen molar-refractivity contribution < 1.29 is 11.0 Å². The second kappa shape index (κ2) is 3.01. The van der Waals surface area contributed by atoms with Crippen molar-refractivity contribution in [3.05, 3.63) is 30.3 Å². The Labute approximate surface area is 60.9 Å². The summed E-state index contributed by atoms with van der Waals surface area (Å²) >= 11 is 0. The average molecular weight is 137 g/mol. The first-order valence-electron chi connectivity index (χ1n) is 3.02. The monoisotopic (exact) mass is 137 g/mol. The number of hydrogen-bond donors (Lipinski definition) is 0. The van der Waals surface area contributed by atoms with Crippen LogP contribution in [0.3, 0.4) is 0 Å². The minimum Gasteiger partial charge on any atom is -0.427 e. The number of para-hydroxylation sites is 1. The van der Waals surface area contributed by atoms with Crippen molar-refractivity contribution in [2.75, 3.05) is 0 Å². The summed E-state index contributed by atoms with van der Waals surface area (Å²) in [7, 11) is 0. The minimum atomic E-state index is -0.286. The van der Waals surface area contributed by atoms with E-state index in [1.54, 1.807) is 12.1 Å². The lowest BCUT2D eigenvalue weighted by Gasteiger charge is -1.97. The highest BCUT2D eigenvalue weighted by atomic mass is 16.5. The van der Waals surface area contributed by atoms with E-state index in [-0.39, 0.29) is 7.40 Å². The van der Waals surface area contributed by atoms with Crippen molar-refractivity contribution in [1.29, 1.82) is 0 Å². The van der Waals surface area contributed by atoms with Gasteiger partial charge in [0.25, 0.3) is 0 Å². The summed E-state index contributed by atoms with van der Waals surface area (Å²) in [5.41, 5.74) is 0. The molecule has 0 unspecified atom stereocenters. The molecule has 0 spiro atoms. The second-order valence-electron chi connectivity index (χ2n) is 1.91. The summed E-state index contributed by atoms with van der Waals surface area (Å²) in [4.78, 5) is 10.4. The van der Waals surface area contributed by atoms with Gasteiger partial charge in [0, 0.05) is 6.92 Å². The number of hydrogen-bond acceptors (Lipinski definition) is 2. The Morgan fingerprint density at radius 3 is 2.50 bits per heavy atom. The van der Waals surface area contributed by atoms with Gasteiger partial charge in [-0.15, -0.1) is 0 Å². The van der Waals surface area contributed by atoms with Gasteiger partial charge in [0.2, 0.25) is 0 Å². The Morgan fingerprint density at radius 2 is 2.00 bits per heavy atom. The first-order chi connectivity index (χ1) is 4.79. The fourth-order valence-electron chi connectivity index (χ4n) is 0.655. The van der Waals surface area contributed by atoms with E-state index < -0.39 is 0 Å². The van der Waals surface area contributed by atoms with Crippen LogP contribution >= 0.6 is 0 Å². The number of esters is 1. The molecule has 0 N–H and O–H groups in total. The Morgan fingerprint density at radius 1 is 1.40 bits per heavy atom. The maximum absolute atomic E-state index is 10.4. The van der Waals surface area contributed by atoms with Gasteiger partial charge < -0.3 is 4.74 Å². The summed E-state index contributed by atoms with van der Waals surface area (Å²) < 4.78 is 4.78. The van der Waals surface area contributed by atoms with Crippen molar-refractivity contribution in [2.45, 2.75) is 6.92 Å². The molecule has 1 aromatic rings. The molecule has 0 aliphatic rings. The molecule has 0 aromatic heterocycles. The average Bonchev–Trinajstić information content (AvgIpc) is 1.88. The smallest absolute Gasteiger partial charge is 0.427 e. The van der Waals surface area contributed by atoms with Crippen LogP contribution in [0.2, 0.25) is 0 Å². The van der Waals surface area contributed by atoms with Gasteiger partial charge in [-0.2, -0.15) is 0 Å². The van der Waals surface area contributed by atoms with Crippen LogP contribution < -0.4 is 4.74 Å². The van der Waals surface area contributed by atoms with E-state index in [0.29, 0.717) is 5.75 Å². The van der Waals surface area contributed by atoms with E-state index in [4.69, 9.17) is 4.74 Å². The van der Waals surface area contributed by atoms with Gasteiger partial charge in [-0.1, -0.05) is 18.2 Å². The van der Waals surface area contributed by atoms with Crippen molar-refractivity contribution in [3.8, 4) is 5.75 Å². The van der Waals surface area contributed by atoms with Crippen LogP contribution in [0.5, 0.6) is 5.75 Å². The van der Waals surface area contributed by atoms with Crippen LogP contribution in [-0.2, 0) is 4.79 Å². The second-order valence-corrected chi connectivity index (χ2v) is 1.91.